The zero-order valence-electron chi connectivity index (χ0n) is 11.4. The molecule has 1 aromatic heterocycles. The Balaban J connectivity index is 1.82. The quantitative estimate of drug-likeness (QED) is 0.842. The molecule has 1 aliphatic heterocycles. The summed E-state index contributed by atoms with van der Waals surface area (Å²) in [5.74, 6) is -0.336. The van der Waals surface area contributed by atoms with Crippen molar-refractivity contribution in [1.82, 2.24) is 4.31 Å². The summed E-state index contributed by atoms with van der Waals surface area (Å²) >= 11 is 6.85. The van der Waals surface area contributed by atoms with E-state index in [1.165, 1.54) is 22.5 Å². The van der Waals surface area contributed by atoms with Crippen LogP contribution >= 0.6 is 22.9 Å². The Morgan fingerprint density at radius 1 is 1.23 bits per heavy atom. The minimum atomic E-state index is -3.58. The Labute approximate surface area is 137 Å². The van der Waals surface area contributed by atoms with Crippen molar-refractivity contribution in [2.75, 3.05) is 19.7 Å². The molecule has 1 saturated heterocycles. The van der Waals surface area contributed by atoms with Gasteiger partial charge in [-0.05, 0) is 29.8 Å². The molecular formula is C14H13ClFNO3S2. The SMILES string of the molecule is O=S(=O)(c1ccc(Cl)s1)N1CCOC(c2ccc(F)cc2)C1. The van der Waals surface area contributed by atoms with Crippen LogP contribution in [0.15, 0.2) is 40.6 Å². The van der Waals surface area contributed by atoms with E-state index in [1.54, 1.807) is 18.2 Å². The van der Waals surface area contributed by atoms with Gasteiger partial charge in [0.2, 0.25) is 0 Å². The van der Waals surface area contributed by atoms with Gasteiger partial charge in [0.1, 0.15) is 10.0 Å². The van der Waals surface area contributed by atoms with Crippen molar-refractivity contribution in [2.24, 2.45) is 0 Å². The van der Waals surface area contributed by atoms with E-state index in [1.807, 2.05) is 0 Å². The molecule has 1 aliphatic rings. The molecule has 1 fully saturated rings. The number of thiophene rings is 1. The number of sulfonamides is 1. The molecule has 0 saturated carbocycles. The summed E-state index contributed by atoms with van der Waals surface area (Å²) in [6, 6.07) is 8.97. The summed E-state index contributed by atoms with van der Waals surface area (Å²) < 4.78 is 45.8. The molecule has 2 aromatic rings. The van der Waals surface area contributed by atoms with Crippen LogP contribution in [0.3, 0.4) is 0 Å². The van der Waals surface area contributed by atoms with Gasteiger partial charge < -0.3 is 4.74 Å². The molecule has 8 heteroatoms. The Morgan fingerprint density at radius 3 is 2.59 bits per heavy atom. The Morgan fingerprint density at radius 2 is 1.95 bits per heavy atom. The van der Waals surface area contributed by atoms with Gasteiger partial charge in [-0.2, -0.15) is 4.31 Å². The van der Waals surface area contributed by atoms with E-state index in [9.17, 15) is 12.8 Å². The minimum Gasteiger partial charge on any atom is -0.371 e. The van der Waals surface area contributed by atoms with Gasteiger partial charge >= 0.3 is 0 Å². The summed E-state index contributed by atoms with van der Waals surface area (Å²) in [6.07, 6.45) is -0.403. The van der Waals surface area contributed by atoms with Crippen molar-refractivity contribution in [3.8, 4) is 0 Å². The molecule has 3 rings (SSSR count). The third kappa shape index (κ3) is 3.18. The topological polar surface area (TPSA) is 46.6 Å². The molecule has 118 valence electrons. The smallest absolute Gasteiger partial charge is 0.252 e. The maximum atomic E-state index is 13.0. The first-order valence-electron chi connectivity index (χ1n) is 6.59. The van der Waals surface area contributed by atoms with Gasteiger partial charge in [-0.25, -0.2) is 12.8 Å². The predicted octanol–water partition coefficient (Wildman–Crippen LogP) is 3.30. The maximum absolute atomic E-state index is 13.0. The number of rotatable bonds is 3. The zero-order chi connectivity index (χ0) is 15.7. The summed E-state index contributed by atoms with van der Waals surface area (Å²) in [4.78, 5) is 0. The number of nitrogens with zero attached hydrogens (tertiary/aromatic N) is 1. The highest BCUT2D eigenvalue weighted by atomic mass is 35.5. The molecule has 1 atom stereocenters. The number of halogens is 2. The average molecular weight is 362 g/mol. The van der Waals surface area contributed by atoms with Crippen LogP contribution in [-0.2, 0) is 14.8 Å². The highest BCUT2D eigenvalue weighted by Gasteiger charge is 2.32. The second kappa shape index (κ2) is 6.25. The van der Waals surface area contributed by atoms with E-state index < -0.39 is 16.1 Å². The molecule has 0 N–H and O–H groups in total. The van der Waals surface area contributed by atoms with Crippen LogP contribution in [0.1, 0.15) is 11.7 Å². The molecule has 0 spiro atoms. The van der Waals surface area contributed by atoms with Crippen molar-refractivity contribution in [2.45, 2.75) is 10.3 Å². The first-order chi connectivity index (χ1) is 10.5. The lowest BCUT2D eigenvalue weighted by molar-refractivity contribution is -0.00253. The lowest BCUT2D eigenvalue weighted by atomic mass is 10.1. The van der Waals surface area contributed by atoms with Gasteiger partial charge in [-0.3, -0.25) is 0 Å². The van der Waals surface area contributed by atoms with Crippen LogP contribution in [0.5, 0.6) is 0 Å². The first kappa shape index (κ1) is 15.9. The standard InChI is InChI=1S/C14H13ClFNO3S2/c15-13-5-6-14(21-13)22(18,19)17-7-8-20-12(9-17)10-1-3-11(16)4-2-10/h1-6,12H,7-9H2. The van der Waals surface area contributed by atoms with Crippen LogP contribution in [0.4, 0.5) is 4.39 Å². The third-order valence-electron chi connectivity index (χ3n) is 3.41. The van der Waals surface area contributed by atoms with E-state index in [2.05, 4.69) is 0 Å². The molecule has 0 amide bonds. The van der Waals surface area contributed by atoms with Gasteiger partial charge in [0.15, 0.2) is 0 Å². The van der Waals surface area contributed by atoms with E-state index in [4.69, 9.17) is 16.3 Å². The summed E-state index contributed by atoms with van der Waals surface area (Å²) in [6.45, 7) is 0.777. The normalized spacial score (nSPS) is 20.2. The van der Waals surface area contributed by atoms with Crippen molar-refractivity contribution < 1.29 is 17.5 Å². The number of ether oxygens (including phenoxy) is 1. The third-order valence-corrected chi connectivity index (χ3v) is 6.98. The van der Waals surface area contributed by atoms with Crippen molar-refractivity contribution in [3.05, 3.63) is 52.1 Å². The molecule has 1 unspecified atom stereocenters. The molecule has 0 aliphatic carbocycles. The second-order valence-corrected chi connectivity index (χ2v) is 8.71. The van der Waals surface area contributed by atoms with Gasteiger partial charge in [0.25, 0.3) is 10.0 Å². The largest absolute Gasteiger partial charge is 0.371 e. The van der Waals surface area contributed by atoms with Gasteiger partial charge in [-0.15, -0.1) is 11.3 Å². The van der Waals surface area contributed by atoms with E-state index in [-0.39, 0.29) is 23.1 Å². The number of morpholine rings is 1. The summed E-state index contributed by atoms with van der Waals surface area (Å²) in [5.41, 5.74) is 0.755. The Bertz CT molecular complexity index is 761. The van der Waals surface area contributed by atoms with Gasteiger partial charge in [-0.1, -0.05) is 23.7 Å². The van der Waals surface area contributed by atoms with Crippen LogP contribution in [0.2, 0.25) is 4.34 Å². The molecular weight excluding hydrogens is 349 g/mol. The lowest BCUT2D eigenvalue weighted by Crippen LogP contribution is -2.41. The summed E-state index contributed by atoms with van der Waals surface area (Å²) in [5, 5.41) is 0. The molecule has 2 heterocycles. The minimum absolute atomic E-state index is 0.198. The fourth-order valence-electron chi connectivity index (χ4n) is 2.29. The molecule has 0 bridgehead atoms. The fraction of sp³-hybridized carbons (Fsp3) is 0.286. The van der Waals surface area contributed by atoms with Crippen molar-refractivity contribution >= 4 is 33.0 Å². The zero-order valence-corrected chi connectivity index (χ0v) is 13.8. The van der Waals surface area contributed by atoms with Crippen LogP contribution in [-0.4, -0.2) is 32.4 Å². The van der Waals surface area contributed by atoms with Crippen LogP contribution < -0.4 is 0 Å². The van der Waals surface area contributed by atoms with Crippen molar-refractivity contribution in [3.63, 3.8) is 0 Å². The number of hydrogen-bond donors (Lipinski definition) is 0. The Hall–Kier alpha value is -0.990. The monoisotopic (exact) mass is 361 g/mol. The Kier molecular flexibility index (Phi) is 4.52. The number of benzene rings is 1. The highest BCUT2D eigenvalue weighted by molar-refractivity contribution is 7.91. The van der Waals surface area contributed by atoms with E-state index in [0.29, 0.717) is 10.9 Å². The van der Waals surface area contributed by atoms with E-state index in [0.717, 1.165) is 16.9 Å². The molecule has 0 radical (unpaired) electrons. The fourth-order valence-corrected chi connectivity index (χ4v) is 5.35. The molecule has 1 aromatic carbocycles. The molecule has 4 nitrogen and oxygen atoms in total. The van der Waals surface area contributed by atoms with Crippen LogP contribution in [0.25, 0.3) is 0 Å². The average Bonchev–Trinajstić information content (AvgIpc) is 2.95. The van der Waals surface area contributed by atoms with E-state index >= 15 is 0 Å². The summed E-state index contributed by atoms with van der Waals surface area (Å²) in [7, 11) is -3.58. The van der Waals surface area contributed by atoms with Crippen LogP contribution in [0, 0.1) is 5.82 Å². The first-order valence-corrected chi connectivity index (χ1v) is 9.23. The second-order valence-electron chi connectivity index (χ2n) is 4.83. The lowest BCUT2D eigenvalue weighted by Gasteiger charge is -2.32. The van der Waals surface area contributed by atoms with Gasteiger partial charge in [0.05, 0.1) is 17.0 Å². The highest BCUT2D eigenvalue weighted by Crippen LogP contribution is 2.31. The molecule has 22 heavy (non-hydrogen) atoms. The predicted molar refractivity (Wildman–Crippen MR) is 83.2 cm³/mol. The van der Waals surface area contributed by atoms with Gasteiger partial charge in [0, 0.05) is 13.1 Å². The van der Waals surface area contributed by atoms with Crippen molar-refractivity contribution in [1.29, 1.82) is 0 Å². The maximum Gasteiger partial charge on any atom is 0.252 e. The number of hydrogen-bond acceptors (Lipinski definition) is 4.